The summed E-state index contributed by atoms with van der Waals surface area (Å²) in [6.45, 7) is 0. The van der Waals surface area contributed by atoms with Crippen molar-refractivity contribution in [2.24, 2.45) is 0 Å². The van der Waals surface area contributed by atoms with E-state index < -0.39 is 0 Å². The highest BCUT2D eigenvalue weighted by atomic mass is 16.3. The van der Waals surface area contributed by atoms with Gasteiger partial charge in [0.05, 0.1) is 6.10 Å². The molecule has 0 saturated carbocycles. The molecule has 0 aromatic carbocycles. The van der Waals surface area contributed by atoms with Crippen LogP contribution in [0.25, 0.3) is 0 Å². The first-order valence-electron chi connectivity index (χ1n) is 4.29. The van der Waals surface area contributed by atoms with E-state index in [9.17, 15) is 5.11 Å². The largest absolute Gasteiger partial charge is 0.393 e. The van der Waals surface area contributed by atoms with Crippen LogP contribution in [0.5, 0.6) is 0 Å². The maximum atomic E-state index is 9.38. The van der Waals surface area contributed by atoms with Crippen LogP contribution in [0.4, 0.5) is 0 Å². The molecular formula is C8H15NO. The van der Waals surface area contributed by atoms with Gasteiger partial charge >= 0.3 is 0 Å². The number of aliphatic hydroxyl groups is 1. The SMILES string of the molecule is OC1CC2CCCC(C1)N2. The Morgan fingerprint density at radius 3 is 2.30 bits per heavy atom. The lowest BCUT2D eigenvalue weighted by molar-refractivity contribution is 0.0741. The molecule has 2 aliphatic rings. The van der Waals surface area contributed by atoms with E-state index in [0.717, 1.165) is 12.8 Å². The number of rotatable bonds is 0. The van der Waals surface area contributed by atoms with Gasteiger partial charge in [-0.2, -0.15) is 0 Å². The molecular weight excluding hydrogens is 126 g/mol. The minimum Gasteiger partial charge on any atom is -0.393 e. The Morgan fingerprint density at radius 1 is 1.10 bits per heavy atom. The second kappa shape index (κ2) is 2.51. The van der Waals surface area contributed by atoms with Crippen molar-refractivity contribution in [2.45, 2.75) is 50.3 Å². The molecule has 0 radical (unpaired) electrons. The Bertz CT molecular complexity index is 110. The Balaban J connectivity index is 1.98. The smallest absolute Gasteiger partial charge is 0.0569 e. The maximum absolute atomic E-state index is 9.38. The molecule has 2 rings (SSSR count). The van der Waals surface area contributed by atoms with Gasteiger partial charge in [0.15, 0.2) is 0 Å². The fourth-order valence-corrected chi connectivity index (χ4v) is 2.24. The first-order valence-corrected chi connectivity index (χ1v) is 4.29. The zero-order chi connectivity index (χ0) is 6.97. The van der Waals surface area contributed by atoms with Crippen molar-refractivity contribution >= 4 is 0 Å². The molecule has 0 aromatic heterocycles. The van der Waals surface area contributed by atoms with Gasteiger partial charge in [-0.1, -0.05) is 6.42 Å². The normalized spacial score (nSPS) is 47.1. The third kappa shape index (κ3) is 1.18. The minimum absolute atomic E-state index is 0.0171. The first-order chi connectivity index (χ1) is 4.84. The topological polar surface area (TPSA) is 32.3 Å². The Morgan fingerprint density at radius 2 is 1.70 bits per heavy atom. The Labute approximate surface area is 61.6 Å². The molecule has 0 aliphatic carbocycles. The van der Waals surface area contributed by atoms with Crippen molar-refractivity contribution < 1.29 is 5.11 Å². The van der Waals surface area contributed by atoms with E-state index in [1.807, 2.05) is 0 Å². The second-order valence-electron chi connectivity index (χ2n) is 3.62. The van der Waals surface area contributed by atoms with E-state index in [4.69, 9.17) is 0 Å². The summed E-state index contributed by atoms with van der Waals surface area (Å²) < 4.78 is 0. The zero-order valence-electron chi connectivity index (χ0n) is 6.21. The van der Waals surface area contributed by atoms with Gasteiger partial charge in [-0.15, -0.1) is 0 Å². The lowest BCUT2D eigenvalue weighted by atomic mass is 9.85. The van der Waals surface area contributed by atoms with E-state index >= 15 is 0 Å². The number of nitrogens with one attached hydrogen (secondary N) is 1. The van der Waals surface area contributed by atoms with Gasteiger partial charge in [-0.25, -0.2) is 0 Å². The number of hydrogen-bond acceptors (Lipinski definition) is 2. The minimum atomic E-state index is -0.0171. The Kier molecular flexibility index (Phi) is 1.66. The third-order valence-corrected chi connectivity index (χ3v) is 2.69. The van der Waals surface area contributed by atoms with Crippen LogP contribution in [-0.4, -0.2) is 23.3 Å². The predicted octanol–water partition coefficient (Wildman–Crippen LogP) is 0.652. The molecule has 2 saturated heterocycles. The van der Waals surface area contributed by atoms with Crippen LogP contribution in [0, 0.1) is 0 Å². The van der Waals surface area contributed by atoms with Crippen LogP contribution < -0.4 is 5.32 Å². The highest BCUT2D eigenvalue weighted by Crippen LogP contribution is 2.25. The maximum Gasteiger partial charge on any atom is 0.0569 e. The Hall–Kier alpha value is -0.0800. The van der Waals surface area contributed by atoms with Crippen LogP contribution >= 0.6 is 0 Å². The molecule has 2 nitrogen and oxygen atoms in total. The van der Waals surface area contributed by atoms with Gasteiger partial charge in [-0.3, -0.25) is 0 Å². The van der Waals surface area contributed by atoms with E-state index in [0.29, 0.717) is 12.1 Å². The third-order valence-electron chi connectivity index (χ3n) is 2.69. The molecule has 2 fully saturated rings. The molecule has 58 valence electrons. The first kappa shape index (κ1) is 6.62. The van der Waals surface area contributed by atoms with Crippen molar-refractivity contribution in [2.75, 3.05) is 0 Å². The van der Waals surface area contributed by atoms with Crippen molar-refractivity contribution in [1.82, 2.24) is 5.32 Å². The quantitative estimate of drug-likeness (QED) is 0.519. The lowest BCUT2D eigenvalue weighted by Gasteiger charge is -2.38. The summed E-state index contributed by atoms with van der Waals surface area (Å²) in [5.41, 5.74) is 0. The molecule has 0 aromatic rings. The van der Waals surface area contributed by atoms with Gasteiger partial charge < -0.3 is 10.4 Å². The summed E-state index contributed by atoms with van der Waals surface area (Å²) >= 11 is 0. The molecule has 2 heteroatoms. The van der Waals surface area contributed by atoms with E-state index in [2.05, 4.69) is 5.32 Å². The van der Waals surface area contributed by atoms with E-state index in [1.54, 1.807) is 0 Å². The zero-order valence-corrected chi connectivity index (χ0v) is 6.21. The summed E-state index contributed by atoms with van der Waals surface area (Å²) in [6, 6.07) is 1.25. The number of fused-ring (bicyclic) bond motifs is 2. The van der Waals surface area contributed by atoms with Crippen molar-refractivity contribution in [3.8, 4) is 0 Å². The predicted molar refractivity (Wildman–Crippen MR) is 39.8 cm³/mol. The summed E-state index contributed by atoms with van der Waals surface area (Å²) in [4.78, 5) is 0. The summed E-state index contributed by atoms with van der Waals surface area (Å²) in [7, 11) is 0. The van der Waals surface area contributed by atoms with E-state index in [1.165, 1.54) is 19.3 Å². The molecule has 10 heavy (non-hydrogen) atoms. The molecule has 2 unspecified atom stereocenters. The van der Waals surface area contributed by atoms with Crippen molar-refractivity contribution in [3.05, 3.63) is 0 Å². The average molecular weight is 141 g/mol. The van der Waals surface area contributed by atoms with Gasteiger partial charge in [0.1, 0.15) is 0 Å². The van der Waals surface area contributed by atoms with Crippen LogP contribution in [0.3, 0.4) is 0 Å². The fourth-order valence-electron chi connectivity index (χ4n) is 2.24. The molecule has 2 N–H and O–H groups in total. The molecule has 2 atom stereocenters. The summed E-state index contributed by atoms with van der Waals surface area (Å²) in [5.74, 6) is 0. The van der Waals surface area contributed by atoms with Gasteiger partial charge in [0.2, 0.25) is 0 Å². The highest BCUT2D eigenvalue weighted by molar-refractivity contribution is 4.88. The van der Waals surface area contributed by atoms with Crippen molar-refractivity contribution in [3.63, 3.8) is 0 Å². The van der Waals surface area contributed by atoms with Crippen LogP contribution in [0.15, 0.2) is 0 Å². The van der Waals surface area contributed by atoms with Crippen LogP contribution in [0.1, 0.15) is 32.1 Å². The van der Waals surface area contributed by atoms with Crippen LogP contribution in [0.2, 0.25) is 0 Å². The van der Waals surface area contributed by atoms with E-state index in [-0.39, 0.29) is 6.10 Å². The molecule has 2 aliphatic heterocycles. The van der Waals surface area contributed by atoms with Crippen LogP contribution in [-0.2, 0) is 0 Å². The number of piperidine rings is 2. The summed E-state index contributed by atoms with van der Waals surface area (Å²) in [6.07, 6.45) is 5.85. The lowest BCUT2D eigenvalue weighted by Crippen LogP contribution is -2.50. The van der Waals surface area contributed by atoms with Gasteiger partial charge in [0.25, 0.3) is 0 Å². The standard InChI is InChI=1S/C8H15NO/c10-8-4-6-2-1-3-7(5-8)9-6/h6-10H,1-5H2. The summed E-state index contributed by atoms with van der Waals surface area (Å²) in [5, 5.41) is 12.9. The fraction of sp³-hybridized carbons (Fsp3) is 1.00. The van der Waals surface area contributed by atoms with Crippen molar-refractivity contribution in [1.29, 1.82) is 0 Å². The number of hydrogen-bond donors (Lipinski definition) is 2. The van der Waals surface area contributed by atoms with Gasteiger partial charge in [0, 0.05) is 12.1 Å². The highest BCUT2D eigenvalue weighted by Gasteiger charge is 2.29. The monoisotopic (exact) mass is 141 g/mol. The second-order valence-corrected chi connectivity index (χ2v) is 3.62. The molecule has 2 heterocycles. The molecule has 0 spiro atoms. The molecule has 2 bridgehead atoms. The average Bonchev–Trinajstić information content (AvgIpc) is 1.85. The number of aliphatic hydroxyl groups excluding tert-OH is 1. The molecule has 0 amide bonds. The van der Waals surface area contributed by atoms with Gasteiger partial charge in [-0.05, 0) is 25.7 Å².